The summed E-state index contributed by atoms with van der Waals surface area (Å²) in [7, 11) is 0. The van der Waals surface area contributed by atoms with Crippen LogP contribution in [0, 0.1) is 0 Å². The van der Waals surface area contributed by atoms with Crippen molar-refractivity contribution in [2.45, 2.75) is 45.0 Å². The highest BCUT2D eigenvalue weighted by molar-refractivity contribution is 5.89. The van der Waals surface area contributed by atoms with Gasteiger partial charge in [0.05, 0.1) is 11.7 Å². The molecule has 2 N–H and O–H groups in total. The maximum absolute atomic E-state index is 11.9. The molecule has 0 heterocycles. The van der Waals surface area contributed by atoms with Crippen LogP contribution in [-0.2, 0) is 4.74 Å². The highest BCUT2D eigenvalue weighted by Gasteiger charge is 2.20. The molecule has 0 aromatic heterocycles. The molecule has 0 saturated heterocycles. The van der Waals surface area contributed by atoms with Gasteiger partial charge in [0, 0.05) is 11.5 Å². The molecule has 22 heavy (non-hydrogen) atoms. The van der Waals surface area contributed by atoms with Crippen LogP contribution in [0.4, 0.5) is 0 Å². The lowest BCUT2D eigenvalue weighted by Gasteiger charge is -2.20. The summed E-state index contributed by atoms with van der Waals surface area (Å²) < 4.78 is 5.24. The lowest BCUT2D eigenvalue weighted by atomic mass is 10.0. The van der Waals surface area contributed by atoms with Crippen LogP contribution in [0.3, 0.4) is 0 Å². The van der Waals surface area contributed by atoms with Gasteiger partial charge in [0.2, 0.25) is 0 Å². The molecule has 7 nitrogen and oxygen atoms in total. The van der Waals surface area contributed by atoms with Gasteiger partial charge in [-0.3, -0.25) is 0 Å². The van der Waals surface area contributed by atoms with Gasteiger partial charge in [-0.25, -0.2) is 4.79 Å². The maximum Gasteiger partial charge on any atom is 0.338 e. The lowest BCUT2D eigenvalue weighted by Crippen LogP contribution is -2.24. The Morgan fingerprint density at radius 1 is 1.32 bits per heavy atom. The van der Waals surface area contributed by atoms with Crippen LogP contribution in [0.1, 0.15) is 49.2 Å². The van der Waals surface area contributed by atoms with Crippen molar-refractivity contribution < 1.29 is 19.7 Å². The van der Waals surface area contributed by atoms with E-state index in [1.54, 1.807) is 32.9 Å². The second-order valence-corrected chi connectivity index (χ2v) is 5.88. The molecule has 0 aliphatic heterocycles. The first-order valence-corrected chi connectivity index (χ1v) is 6.95. The normalized spacial score (nSPS) is 13.9. The highest BCUT2D eigenvalue weighted by Crippen LogP contribution is 2.20. The number of benzene rings is 1. The van der Waals surface area contributed by atoms with Gasteiger partial charge >= 0.3 is 5.97 Å². The van der Waals surface area contributed by atoms with Crippen molar-refractivity contribution >= 4 is 5.97 Å². The Bertz CT molecular complexity index is 545. The molecule has 0 amide bonds. The molecule has 1 aromatic rings. The quantitative estimate of drug-likeness (QED) is 0.364. The van der Waals surface area contributed by atoms with Crippen LogP contribution in [-0.4, -0.2) is 34.4 Å². The number of esters is 1. The molecule has 2 atom stereocenters. The fourth-order valence-corrected chi connectivity index (χ4v) is 1.77. The number of hydrogen-bond donors (Lipinski definition) is 2. The number of aliphatic hydroxyl groups excluding tert-OH is 2. The Balaban J connectivity index is 2.71. The van der Waals surface area contributed by atoms with Gasteiger partial charge in [-0.1, -0.05) is 17.2 Å². The third-order valence-electron chi connectivity index (χ3n) is 2.84. The van der Waals surface area contributed by atoms with E-state index in [-0.39, 0.29) is 13.0 Å². The van der Waals surface area contributed by atoms with Crippen LogP contribution in [0.25, 0.3) is 10.4 Å². The standard InChI is InChI=1S/C15H21N3O4/c1-15(2,3)22-14(21)11-6-4-10(5-7-11)13(20)12(19)8-9-17-18-16/h4-7,12-13,19-20H,8-9H2,1-3H3. The molecule has 0 saturated carbocycles. The summed E-state index contributed by atoms with van der Waals surface area (Å²) in [6, 6.07) is 6.18. The summed E-state index contributed by atoms with van der Waals surface area (Å²) >= 11 is 0. The smallest absolute Gasteiger partial charge is 0.338 e. The molecule has 1 aromatic carbocycles. The molecule has 0 radical (unpaired) electrons. The first-order valence-electron chi connectivity index (χ1n) is 6.95. The van der Waals surface area contributed by atoms with E-state index in [1.165, 1.54) is 12.1 Å². The molecule has 0 fully saturated rings. The van der Waals surface area contributed by atoms with Crippen molar-refractivity contribution in [2.75, 3.05) is 6.54 Å². The Morgan fingerprint density at radius 2 is 1.91 bits per heavy atom. The molecule has 0 bridgehead atoms. The fraction of sp³-hybridized carbons (Fsp3) is 0.533. The molecule has 0 spiro atoms. The minimum absolute atomic E-state index is 0.102. The van der Waals surface area contributed by atoms with Gasteiger partial charge in [-0.05, 0) is 50.4 Å². The summed E-state index contributed by atoms with van der Waals surface area (Å²) in [6.45, 7) is 5.44. The second-order valence-electron chi connectivity index (χ2n) is 5.88. The Morgan fingerprint density at radius 3 is 2.41 bits per heavy atom. The van der Waals surface area contributed by atoms with Gasteiger partial charge in [-0.15, -0.1) is 0 Å². The number of carbonyl (C=O) groups is 1. The summed E-state index contributed by atoms with van der Waals surface area (Å²) in [5.74, 6) is -0.447. The SMILES string of the molecule is CC(C)(C)OC(=O)c1ccc(C(O)C(O)CCN=[N+]=[N-])cc1. The zero-order valence-corrected chi connectivity index (χ0v) is 12.9. The number of ether oxygens (including phenoxy) is 1. The van der Waals surface area contributed by atoms with Crippen molar-refractivity contribution in [2.24, 2.45) is 5.11 Å². The van der Waals surface area contributed by atoms with Gasteiger partial charge in [0.1, 0.15) is 11.7 Å². The second kappa shape index (κ2) is 7.79. The van der Waals surface area contributed by atoms with Gasteiger partial charge in [-0.2, -0.15) is 0 Å². The lowest BCUT2D eigenvalue weighted by molar-refractivity contribution is 0.00684. The average Bonchev–Trinajstić information content (AvgIpc) is 2.45. The zero-order chi connectivity index (χ0) is 16.8. The number of aliphatic hydroxyl groups is 2. The van der Waals surface area contributed by atoms with Crippen molar-refractivity contribution in [3.8, 4) is 0 Å². The topological polar surface area (TPSA) is 116 Å². The molecule has 2 unspecified atom stereocenters. The summed E-state index contributed by atoms with van der Waals surface area (Å²) in [4.78, 5) is 14.4. The van der Waals surface area contributed by atoms with Crippen LogP contribution in [0.15, 0.2) is 29.4 Å². The Kier molecular flexibility index (Phi) is 6.37. The Hall–Kier alpha value is -2.08. The van der Waals surface area contributed by atoms with E-state index >= 15 is 0 Å². The van der Waals surface area contributed by atoms with Crippen molar-refractivity contribution in [1.82, 2.24) is 0 Å². The molecule has 0 aliphatic carbocycles. The Labute approximate surface area is 129 Å². The summed E-state index contributed by atoms with van der Waals surface area (Å²) in [5, 5.41) is 23.1. The van der Waals surface area contributed by atoms with Crippen molar-refractivity contribution in [3.63, 3.8) is 0 Å². The summed E-state index contributed by atoms with van der Waals surface area (Å²) in [5.41, 5.74) is 8.43. The number of carbonyl (C=O) groups excluding carboxylic acids is 1. The number of azide groups is 1. The average molecular weight is 307 g/mol. The third-order valence-corrected chi connectivity index (χ3v) is 2.84. The third kappa shape index (κ3) is 5.73. The van der Waals surface area contributed by atoms with Crippen LogP contribution in [0.5, 0.6) is 0 Å². The zero-order valence-electron chi connectivity index (χ0n) is 12.9. The van der Waals surface area contributed by atoms with Crippen molar-refractivity contribution in [3.05, 3.63) is 45.8 Å². The van der Waals surface area contributed by atoms with Gasteiger partial charge in [0.25, 0.3) is 0 Å². The fourth-order valence-electron chi connectivity index (χ4n) is 1.77. The largest absolute Gasteiger partial charge is 0.456 e. The molecule has 0 aliphatic rings. The molecular weight excluding hydrogens is 286 g/mol. The van der Waals surface area contributed by atoms with Gasteiger partial charge < -0.3 is 14.9 Å². The van der Waals surface area contributed by atoms with Crippen LogP contribution >= 0.6 is 0 Å². The van der Waals surface area contributed by atoms with E-state index in [0.717, 1.165) is 0 Å². The van der Waals surface area contributed by atoms with Crippen molar-refractivity contribution in [1.29, 1.82) is 0 Å². The van der Waals surface area contributed by atoms with E-state index in [9.17, 15) is 15.0 Å². The maximum atomic E-state index is 11.9. The van der Waals surface area contributed by atoms with Crippen LogP contribution in [0.2, 0.25) is 0 Å². The minimum Gasteiger partial charge on any atom is -0.456 e. The van der Waals surface area contributed by atoms with E-state index in [4.69, 9.17) is 10.3 Å². The predicted molar refractivity (Wildman–Crippen MR) is 81.2 cm³/mol. The van der Waals surface area contributed by atoms with E-state index in [0.29, 0.717) is 11.1 Å². The predicted octanol–water partition coefficient (Wildman–Crippen LogP) is 2.74. The van der Waals surface area contributed by atoms with E-state index < -0.39 is 23.8 Å². The first kappa shape index (κ1) is 18.0. The monoisotopic (exact) mass is 307 g/mol. The first-order chi connectivity index (χ1) is 10.2. The number of hydrogen-bond acceptors (Lipinski definition) is 5. The number of rotatable bonds is 6. The number of nitrogens with zero attached hydrogens (tertiary/aromatic N) is 3. The molecule has 120 valence electrons. The summed E-state index contributed by atoms with van der Waals surface area (Å²) in [6.07, 6.45) is -2.00. The molecular formula is C15H21N3O4. The van der Waals surface area contributed by atoms with E-state index in [2.05, 4.69) is 10.0 Å². The minimum atomic E-state index is -1.11. The van der Waals surface area contributed by atoms with E-state index in [1.807, 2.05) is 0 Å². The molecule has 7 heteroatoms. The highest BCUT2D eigenvalue weighted by atomic mass is 16.6. The van der Waals surface area contributed by atoms with Crippen LogP contribution < -0.4 is 0 Å². The molecule has 1 rings (SSSR count). The van der Waals surface area contributed by atoms with Gasteiger partial charge in [0.15, 0.2) is 0 Å².